The molecule has 6 aromatic carbocycles. The molecular formula is C77H76N10O23. The van der Waals surface area contributed by atoms with E-state index in [1.165, 1.54) is 63.3 Å². The van der Waals surface area contributed by atoms with Gasteiger partial charge in [-0.1, -0.05) is 109 Å². The highest BCUT2D eigenvalue weighted by molar-refractivity contribution is 5.93. The van der Waals surface area contributed by atoms with Crippen LogP contribution in [0.2, 0.25) is 0 Å². The first-order chi connectivity index (χ1) is 52.5. The van der Waals surface area contributed by atoms with Crippen LogP contribution in [-0.2, 0) is 57.0 Å². The maximum atomic E-state index is 13.7. The number of nitrogens with one attached hydrogen (secondary N) is 3. The van der Waals surface area contributed by atoms with Crippen LogP contribution >= 0.6 is 0 Å². The molecule has 33 nitrogen and oxygen atoms in total. The van der Waals surface area contributed by atoms with Crippen LogP contribution in [0.3, 0.4) is 0 Å². The van der Waals surface area contributed by atoms with Crippen molar-refractivity contribution in [2.24, 2.45) is 0 Å². The molecule has 10 aromatic rings. The molecule has 0 radical (unpaired) electrons. The van der Waals surface area contributed by atoms with Gasteiger partial charge in [-0.2, -0.15) is 9.97 Å². The zero-order chi connectivity index (χ0) is 78.9. The van der Waals surface area contributed by atoms with Gasteiger partial charge in [-0.05, 0) is 114 Å². The van der Waals surface area contributed by atoms with Crippen molar-refractivity contribution in [1.29, 1.82) is 0 Å². The number of hydrogen-bond acceptors (Lipinski definition) is 28. The van der Waals surface area contributed by atoms with Crippen LogP contribution in [0.15, 0.2) is 204 Å². The minimum atomic E-state index is -1.86. The average molecular weight is 1510 g/mol. The number of imidazole rings is 2. The standard InChI is InChI=1S/C35H31N5O9.C30H28O9.C12H17N5O5/c1-20(46-30(43)22-13-7-4-8-14-22)26-27(48-31(44)23-15-9-5-10-16-23)35(3,49-32(45)24-17-11-6-12-18-24)33(47-26)40-19-36-25-28(40)38-34(37-21(2)41)39-29(25)42;1-19(35-26(32)21-13-7-4-8-14-21)24-25(38-27(33)22-15-9-5-10-16-22)30(3,29(37-24)36-20(2)31)39-28(34)23-17-11-6-12-18-23;1-4(18)6-7(19)12(2,21)10(22-6)17-3-14-5-8(17)15-11(13)16-9(5)20/h4-20,26-27,33H,1-3H3,(H2,37,38,39,41,42);4-19,24-25,29H,1-3H3;3-4,6-7,10,18-19,21H,1-2H3,(H3,13,15,16,20)/t20-,26-,27-,33-,35-;19-,24-,25-,29?,30-;4-,6-,7-,10-,12-/m111/s1. The van der Waals surface area contributed by atoms with Gasteiger partial charge in [0.25, 0.3) is 11.1 Å². The van der Waals surface area contributed by atoms with Crippen LogP contribution in [0.25, 0.3) is 22.3 Å². The number of nitrogens with zero attached hydrogens (tertiary/aromatic N) is 6. The maximum absolute atomic E-state index is 13.7. The monoisotopic (exact) mass is 1510 g/mol. The summed E-state index contributed by atoms with van der Waals surface area (Å²) in [5.41, 5.74) is 0.383. The zero-order valence-corrected chi connectivity index (χ0v) is 60.2. The van der Waals surface area contributed by atoms with Crippen molar-refractivity contribution in [3.63, 3.8) is 0 Å². The summed E-state index contributed by atoms with van der Waals surface area (Å²) in [5, 5.41) is 32.8. The second-order valence-corrected chi connectivity index (χ2v) is 26.3. The first kappa shape index (κ1) is 78.4. The molecule has 3 saturated heterocycles. The number of amides is 1. The Balaban J connectivity index is 0.000000175. The summed E-state index contributed by atoms with van der Waals surface area (Å²) < 4.78 is 61.6. The van der Waals surface area contributed by atoms with E-state index in [4.69, 9.17) is 53.1 Å². The number of ether oxygens (including phenoxy) is 10. The van der Waals surface area contributed by atoms with Gasteiger partial charge in [-0.25, -0.2) is 38.7 Å². The smallest absolute Gasteiger partial charge is 0.339 e. The van der Waals surface area contributed by atoms with Crippen molar-refractivity contribution < 1.29 is 101 Å². The SMILES string of the molecule is CC(=O)Nc1nc2c(ncn2[C@@H]2O[C@H]([C@@H](C)OC(=O)c3ccccc3)[C@@H](OC(=O)c3ccccc3)[C@@]2(C)OC(=O)c2ccccc2)c(=O)[nH]1.CC(=O)OC1O[C@H]([C@@H](C)OC(=O)c2ccccc2)[C@@H](OC(=O)c2ccccc2)[C@@]1(C)OC(=O)c1ccccc1.C[C@@H](O)[C@H]1O[C@@H](n2cnc3c(=O)[nH]c(N)nc32)[C@](C)(O)[C@@H]1O. The number of fused-ring (bicyclic) bond motifs is 2. The molecule has 3 fully saturated rings. The van der Waals surface area contributed by atoms with Crippen LogP contribution in [0.5, 0.6) is 0 Å². The molecule has 572 valence electrons. The number of benzene rings is 6. The van der Waals surface area contributed by atoms with Gasteiger partial charge in [0, 0.05) is 13.8 Å². The number of aliphatic hydroxyl groups excluding tert-OH is 2. The fourth-order valence-corrected chi connectivity index (χ4v) is 12.5. The number of aliphatic hydroxyl groups is 3. The zero-order valence-electron chi connectivity index (χ0n) is 60.2. The number of hydrogen-bond donors (Lipinski definition) is 7. The summed E-state index contributed by atoms with van der Waals surface area (Å²) in [5.74, 6) is -5.82. The lowest BCUT2D eigenvalue weighted by atomic mass is 9.93. The Morgan fingerprint density at radius 3 is 1.27 bits per heavy atom. The second kappa shape index (κ2) is 33.2. The molecule has 110 heavy (non-hydrogen) atoms. The number of aromatic amines is 2. The largest absolute Gasteiger partial charge is 0.456 e. The molecular weight excluding hydrogens is 1430 g/mol. The normalized spacial score (nSPS) is 24.0. The van der Waals surface area contributed by atoms with Gasteiger partial charge < -0.3 is 68.4 Å². The molecule has 1 unspecified atom stereocenters. The van der Waals surface area contributed by atoms with Gasteiger partial charge in [0.2, 0.25) is 29.7 Å². The number of aromatic nitrogens is 8. The van der Waals surface area contributed by atoms with Crippen LogP contribution < -0.4 is 22.2 Å². The lowest BCUT2D eigenvalue weighted by molar-refractivity contribution is -0.208. The number of anilines is 2. The topological polar surface area (TPSA) is 455 Å². The van der Waals surface area contributed by atoms with Crippen molar-refractivity contribution in [2.75, 3.05) is 11.1 Å². The van der Waals surface area contributed by atoms with Crippen molar-refractivity contribution in [2.45, 2.75) is 146 Å². The highest BCUT2D eigenvalue weighted by atomic mass is 16.8. The maximum Gasteiger partial charge on any atom is 0.339 e. The van der Waals surface area contributed by atoms with Gasteiger partial charge >= 0.3 is 41.8 Å². The summed E-state index contributed by atoms with van der Waals surface area (Å²) in [4.78, 5) is 149. The third-order valence-electron chi connectivity index (χ3n) is 18.0. The van der Waals surface area contributed by atoms with Crippen LogP contribution in [0.4, 0.5) is 11.9 Å². The van der Waals surface area contributed by atoms with Crippen molar-refractivity contribution >= 4 is 81.9 Å². The van der Waals surface area contributed by atoms with Crippen molar-refractivity contribution in [3.8, 4) is 0 Å². The third kappa shape index (κ3) is 17.0. The van der Waals surface area contributed by atoms with E-state index in [2.05, 4.69) is 35.2 Å². The Morgan fingerprint density at radius 2 is 0.864 bits per heavy atom. The van der Waals surface area contributed by atoms with E-state index in [9.17, 15) is 63.3 Å². The molecule has 0 saturated carbocycles. The van der Waals surface area contributed by atoms with E-state index in [-0.39, 0.29) is 62.0 Å². The number of carbonyl (C=O) groups is 8. The first-order valence-corrected chi connectivity index (χ1v) is 34.3. The predicted octanol–water partition coefficient (Wildman–Crippen LogP) is 6.52. The lowest BCUT2D eigenvalue weighted by Gasteiger charge is -2.35. The molecule has 1 amide bonds. The number of nitrogen functional groups attached to an aromatic ring is 1. The third-order valence-corrected chi connectivity index (χ3v) is 18.0. The highest BCUT2D eigenvalue weighted by Gasteiger charge is 2.64. The first-order valence-electron chi connectivity index (χ1n) is 34.3. The Labute approximate surface area is 625 Å². The molecule has 4 aromatic heterocycles. The molecule has 13 rings (SSSR count). The van der Waals surface area contributed by atoms with Crippen molar-refractivity contribution in [3.05, 3.63) is 249 Å². The molecule has 15 atom stereocenters. The van der Waals surface area contributed by atoms with Crippen molar-refractivity contribution in [1.82, 2.24) is 39.0 Å². The molecule has 3 aliphatic heterocycles. The molecule has 3 aliphatic rings. The van der Waals surface area contributed by atoms with E-state index in [1.54, 1.807) is 196 Å². The van der Waals surface area contributed by atoms with Crippen LogP contribution in [-0.4, -0.2) is 180 Å². The molecule has 0 spiro atoms. The van der Waals surface area contributed by atoms with E-state index in [0.29, 0.717) is 5.56 Å². The molecule has 0 aliphatic carbocycles. The minimum Gasteiger partial charge on any atom is -0.456 e. The van der Waals surface area contributed by atoms with Gasteiger partial charge in [-0.3, -0.25) is 43.6 Å². The van der Waals surface area contributed by atoms with E-state index >= 15 is 0 Å². The Morgan fingerprint density at radius 1 is 0.500 bits per heavy atom. The Kier molecular flexibility index (Phi) is 23.7. The molecule has 33 heteroatoms. The van der Waals surface area contributed by atoms with Gasteiger partial charge in [0.15, 0.2) is 52.6 Å². The van der Waals surface area contributed by atoms with Gasteiger partial charge in [-0.15, -0.1) is 0 Å². The molecule has 8 N–H and O–H groups in total. The fraction of sp³-hybridized carbons (Fsp3) is 0.299. The number of rotatable bonds is 19. The molecule has 0 bridgehead atoms. The quantitative estimate of drug-likeness (QED) is 0.0335. The predicted molar refractivity (Wildman–Crippen MR) is 386 cm³/mol. The second-order valence-electron chi connectivity index (χ2n) is 26.3. The highest BCUT2D eigenvalue weighted by Crippen LogP contribution is 2.47. The Bertz CT molecular complexity index is 5110. The number of H-pyrrole nitrogens is 2. The van der Waals surface area contributed by atoms with Gasteiger partial charge in [0.1, 0.15) is 42.2 Å². The summed E-state index contributed by atoms with van der Waals surface area (Å²) in [6.07, 6.45) is -11.9. The minimum absolute atomic E-state index is 0.0311. The van der Waals surface area contributed by atoms with E-state index < -0.39 is 149 Å². The summed E-state index contributed by atoms with van der Waals surface area (Å²) in [7, 11) is 0. The molecule has 7 heterocycles. The van der Waals surface area contributed by atoms with Gasteiger partial charge in [0.05, 0.1) is 52.1 Å². The lowest BCUT2D eigenvalue weighted by Crippen LogP contribution is -2.53. The van der Waals surface area contributed by atoms with Crippen LogP contribution in [0, 0.1) is 0 Å². The summed E-state index contributed by atoms with van der Waals surface area (Å²) in [6.45, 7) is 11.3. The number of nitrogens with two attached hydrogens (primary N) is 1. The summed E-state index contributed by atoms with van der Waals surface area (Å²) in [6, 6.07) is 49.3. The van der Waals surface area contributed by atoms with E-state index in [1.807, 2.05) is 0 Å². The van der Waals surface area contributed by atoms with E-state index in [0.717, 1.165) is 0 Å². The number of carbonyl (C=O) groups excluding carboxylic acids is 8. The number of esters is 7. The Hall–Kier alpha value is -12.7. The fourth-order valence-electron chi connectivity index (χ4n) is 12.5. The average Bonchev–Trinajstić information content (AvgIpc) is 1.59. The van der Waals surface area contributed by atoms with Crippen LogP contribution in [0.1, 0.15) is 130 Å². The summed E-state index contributed by atoms with van der Waals surface area (Å²) >= 11 is 0.